The lowest BCUT2D eigenvalue weighted by Crippen LogP contribution is -2.27. The molecule has 0 heterocycles. The van der Waals surface area contributed by atoms with Gasteiger partial charge in [0.1, 0.15) is 0 Å². The van der Waals surface area contributed by atoms with Gasteiger partial charge in [-0.1, -0.05) is 50.2 Å². The van der Waals surface area contributed by atoms with Crippen LogP contribution >= 0.6 is 0 Å². The van der Waals surface area contributed by atoms with E-state index < -0.39 is 0 Å². The highest BCUT2D eigenvalue weighted by molar-refractivity contribution is 5.91. The Hall–Kier alpha value is -2.29. The Labute approximate surface area is 139 Å². The Morgan fingerprint density at radius 1 is 1.04 bits per heavy atom. The van der Waals surface area contributed by atoms with Gasteiger partial charge in [-0.15, -0.1) is 0 Å². The van der Waals surface area contributed by atoms with Crippen LogP contribution in [0.4, 0.5) is 11.4 Å². The van der Waals surface area contributed by atoms with Gasteiger partial charge < -0.3 is 10.2 Å². The molecule has 0 aromatic heterocycles. The molecule has 3 heteroatoms. The average molecular weight is 310 g/mol. The maximum absolute atomic E-state index is 12.3. The van der Waals surface area contributed by atoms with Gasteiger partial charge >= 0.3 is 0 Å². The third-order valence-corrected chi connectivity index (χ3v) is 3.97. The number of carbonyl (C=O) groups excluding carboxylic acids is 1. The number of anilines is 2. The standard InChI is InChI=1S/C20H26N2O/c1-4-22(17-10-6-5-7-11-17)15-14-20(23)21-19-13-9-8-12-18(19)16(2)3/h5-13,16H,4,14-15H2,1-3H3,(H,21,23). The highest BCUT2D eigenvalue weighted by Crippen LogP contribution is 2.23. The molecule has 0 aliphatic rings. The summed E-state index contributed by atoms with van der Waals surface area (Å²) < 4.78 is 0. The van der Waals surface area contributed by atoms with Gasteiger partial charge in [-0.25, -0.2) is 0 Å². The molecule has 0 unspecified atom stereocenters. The molecular formula is C20H26N2O. The molecule has 0 bridgehead atoms. The fourth-order valence-electron chi connectivity index (χ4n) is 2.67. The van der Waals surface area contributed by atoms with Crippen LogP contribution in [0.5, 0.6) is 0 Å². The molecule has 122 valence electrons. The van der Waals surface area contributed by atoms with Crippen LogP contribution in [0.25, 0.3) is 0 Å². The lowest BCUT2D eigenvalue weighted by molar-refractivity contribution is -0.116. The topological polar surface area (TPSA) is 32.3 Å². The first-order valence-electron chi connectivity index (χ1n) is 8.30. The fourth-order valence-corrected chi connectivity index (χ4v) is 2.67. The minimum atomic E-state index is 0.0625. The summed E-state index contributed by atoms with van der Waals surface area (Å²) >= 11 is 0. The molecule has 0 saturated carbocycles. The van der Waals surface area contributed by atoms with Crippen LogP contribution in [-0.4, -0.2) is 19.0 Å². The molecule has 0 spiro atoms. The van der Waals surface area contributed by atoms with Gasteiger partial charge in [0.15, 0.2) is 0 Å². The summed E-state index contributed by atoms with van der Waals surface area (Å²) in [7, 11) is 0. The number of para-hydroxylation sites is 2. The molecule has 0 radical (unpaired) electrons. The van der Waals surface area contributed by atoms with E-state index in [1.54, 1.807) is 0 Å². The van der Waals surface area contributed by atoms with Gasteiger partial charge in [0.05, 0.1) is 0 Å². The normalized spacial score (nSPS) is 10.6. The van der Waals surface area contributed by atoms with Crippen molar-refractivity contribution in [3.63, 3.8) is 0 Å². The van der Waals surface area contributed by atoms with E-state index in [9.17, 15) is 4.79 Å². The van der Waals surface area contributed by atoms with Crippen LogP contribution in [0, 0.1) is 0 Å². The van der Waals surface area contributed by atoms with Crippen molar-refractivity contribution in [2.45, 2.75) is 33.1 Å². The minimum absolute atomic E-state index is 0.0625. The van der Waals surface area contributed by atoms with Gasteiger partial charge in [-0.05, 0) is 36.6 Å². The summed E-state index contributed by atoms with van der Waals surface area (Å²) in [5.74, 6) is 0.454. The van der Waals surface area contributed by atoms with Crippen molar-refractivity contribution in [3.05, 3.63) is 60.2 Å². The SMILES string of the molecule is CCN(CCC(=O)Nc1ccccc1C(C)C)c1ccccc1. The van der Waals surface area contributed by atoms with Crippen LogP contribution in [0.3, 0.4) is 0 Å². The highest BCUT2D eigenvalue weighted by Gasteiger charge is 2.11. The number of amides is 1. The molecule has 2 aromatic carbocycles. The summed E-state index contributed by atoms with van der Waals surface area (Å²) in [6.45, 7) is 7.99. The molecule has 1 amide bonds. The molecule has 0 aliphatic carbocycles. The lowest BCUT2D eigenvalue weighted by atomic mass is 10.0. The molecule has 3 nitrogen and oxygen atoms in total. The zero-order valence-corrected chi connectivity index (χ0v) is 14.3. The predicted octanol–water partition coefficient (Wildman–Crippen LogP) is 4.67. The van der Waals surface area contributed by atoms with E-state index in [0.29, 0.717) is 12.3 Å². The Balaban J connectivity index is 1.95. The van der Waals surface area contributed by atoms with Crippen molar-refractivity contribution in [1.82, 2.24) is 0 Å². The van der Waals surface area contributed by atoms with E-state index >= 15 is 0 Å². The first-order valence-corrected chi connectivity index (χ1v) is 8.30. The third kappa shape index (κ3) is 4.85. The third-order valence-electron chi connectivity index (χ3n) is 3.97. The first-order chi connectivity index (χ1) is 11.1. The van der Waals surface area contributed by atoms with Gasteiger partial charge in [0.25, 0.3) is 0 Å². The van der Waals surface area contributed by atoms with E-state index in [0.717, 1.165) is 24.5 Å². The van der Waals surface area contributed by atoms with Gasteiger partial charge in [-0.3, -0.25) is 4.79 Å². The number of benzene rings is 2. The Bertz CT molecular complexity index is 623. The van der Waals surface area contributed by atoms with Crippen LogP contribution < -0.4 is 10.2 Å². The average Bonchev–Trinajstić information content (AvgIpc) is 2.56. The molecule has 1 N–H and O–H groups in total. The molecule has 0 atom stereocenters. The molecule has 2 aromatic rings. The lowest BCUT2D eigenvalue weighted by Gasteiger charge is -2.23. The maximum Gasteiger partial charge on any atom is 0.226 e. The van der Waals surface area contributed by atoms with E-state index in [1.807, 2.05) is 36.4 Å². The van der Waals surface area contributed by atoms with Gasteiger partial charge in [-0.2, -0.15) is 0 Å². The number of hydrogen-bond donors (Lipinski definition) is 1. The fraction of sp³-hybridized carbons (Fsp3) is 0.350. The van der Waals surface area contributed by atoms with E-state index in [4.69, 9.17) is 0 Å². The Morgan fingerprint density at radius 3 is 2.35 bits per heavy atom. The van der Waals surface area contributed by atoms with Crippen molar-refractivity contribution in [1.29, 1.82) is 0 Å². The van der Waals surface area contributed by atoms with Crippen molar-refractivity contribution in [2.24, 2.45) is 0 Å². The number of hydrogen-bond acceptors (Lipinski definition) is 2. The Kier molecular flexibility index (Phi) is 6.21. The first kappa shape index (κ1) is 17.1. The van der Waals surface area contributed by atoms with Crippen LogP contribution in [0.15, 0.2) is 54.6 Å². The summed E-state index contributed by atoms with van der Waals surface area (Å²) in [6.07, 6.45) is 0.481. The largest absolute Gasteiger partial charge is 0.371 e. The second-order valence-electron chi connectivity index (χ2n) is 5.96. The molecule has 23 heavy (non-hydrogen) atoms. The van der Waals surface area contributed by atoms with E-state index in [-0.39, 0.29) is 5.91 Å². The van der Waals surface area contributed by atoms with Gasteiger partial charge in [0, 0.05) is 30.9 Å². The van der Waals surface area contributed by atoms with Crippen molar-refractivity contribution in [3.8, 4) is 0 Å². The van der Waals surface area contributed by atoms with E-state index in [2.05, 4.69) is 49.2 Å². The summed E-state index contributed by atoms with van der Waals surface area (Å²) in [5, 5.41) is 3.06. The van der Waals surface area contributed by atoms with Crippen molar-refractivity contribution in [2.75, 3.05) is 23.3 Å². The zero-order chi connectivity index (χ0) is 16.7. The second-order valence-corrected chi connectivity index (χ2v) is 5.96. The van der Waals surface area contributed by atoms with Crippen LogP contribution in [-0.2, 0) is 4.79 Å². The van der Waals surface area contributed by atoms with Crippen molar-refractivity contribution < 1.29 is 4.79 Å². The smallest absolute Gasteiger partial charge is 0.226 e. The number of nitrogens with zero attached hydrogens (tertiary/aromatic N) is 1. The number of rotatable bonds is 7. The molecule has 0 fully saturated rings. The van der Waals surface area contributed by atoms with Gasteiger partial charge in [0.2, 0.25) is 5.91 Å². The summed E-state index contributed by atoms with van der Waals surface area (Å²) in [4.78, 5) is 14.5. The monoisotopic (exact) mass is 310 g/mol. The summed E-state index contributed by atoms with van der Waals surface area (Å²) in [6, 6.07) is 18.2. The molecule has 0 aliphatic heterocycles. The number of carbonyl (C=O) groups is 1. The quantitative estimate of drug-likeness (QED) is 0.806. The van der Waals surface area contributed by atoms with E-state index in [1.165, 1.54) is 5.56 Å². The van der Waals surface area contributed by atoms with Crippen molar-refractivity contribution >= 4 is 17.3 Å². The minimum Gasteiger partial charge on any atom is -0.371 e. The zero-order valence-electron chi connectivity index (χ0n) is 14.3. The number of nitrogens with one attached hydrogen (secondary N) is 1. The summed E-state index contributed by atoms with van der Waals surface area (Å²) in [5.41, 5.74) is 3.26. The predicted molar refractivity (Wildman–Crippen MR) is 98.1 cm³/mol. The molecule has 0 saturated heterocycles. The molecular weight excluding hydrogens is 284 g/mol. The molecule has 2 rings (SSSR count). The van der Waals surface area contributed by atoms with Crippen LogP contribution in [0.2, 0.25) is 0 Å². The maximum atomic E-state index is 12.3. The Morgan fingerprint density at radius 2 is 1.70 bits per heavy atom. The highest BCUT2D eigenvalue weighted by atomic mass is 16.1. The van der Waals surface area contributed by atoms with Crippen LogP contribution in [0.1, 0.15) is 38.7 Å². The second kappa shape index (κ2) is 8.37.